The fourth-order valence-electron chi connectivity index (χ4n) is 2.89. The predicted molar refractivity (Wildman–Crippen MR) is 95.9 cm³/mol. The highest BCUT2D eigenvalue weighted by molar-refractivity contribution is 7.99. The second kappa shape index (κ2) is 7.66. The van der Waals surface area contributed by atoms with E-state index in [1.165, 1.54) is 4.90 Å². The highest BCUT2D eigenvalue weighted by atomic mass is 32.2. The largest absolute Gasteiger partial charge is 0.325 e. The number of nitrogens with one attached hydrogen (secondary N) is 1. The Kier molecular flexibility index (Phi) is 5.36. The Bertz CT molecular complexity index is 659. The molecule has 0 radical (unpaired) electrons. The number of likely N-dealkylation sites (tertiary alicyclic amines) is 1. The molecule has 0 bridgehead atoms. The molecule has 0 spiro atoms. The maximum atomic E-state index is 12.6. The van der Waals surface area contributed by atoms with Crippen LogP contribution in [0.25, 0.3) is 0 Å². The quantitative estimate of drug-likeness (QED) is 0.917. The zero-order chi connectivity index (χ0) is 16.1. The van der Waals surface area contributed by atoms with Crippen molar-refractivity contribution >= 4 is 23.4 Å². The number of hydrogen-bond donors (Lipinski definition) is 1. The minimum atomic E-state index is 0.0866. The van der Waals surface area contributed by atoms with Crippen LogP contribution in [-0.4, -0.2) is 30.9 Å². The molecule has 23 heavy (non-hydrogen) atoms. The van der Waals surface area contributed by atoms with Crippen molar-refractivity contribution in [3.63, 3.8) is 0 Å². The molecular formula is C19H22N2OS. The molecule has 0 saturated carbocycles. The van der Waals surface area contributed by atoms with Crippen LogP contribution >= 0.6 is 11.8 Å². The number of piperidine rings is 1. The maximum Gasteiger partial charge on any atom is 0.228 e. The van der Waals surface area contributed by atoms with E-state index in [1.54, 1.807) is 11.8 Å². The number of amides is 1. The molecule has 1 aliphatic rings. The van der Waals surface area contributed by atoms with Crippen LogP contribution in [0.2, 0.25) is 0 Å². The number of carbonyl (C=O) groups excluding carboxylic acids is 1. The highest BCUT2D eigenvalue weighted by Gasteiger charge is 2.24. The van der Waals surface area contributed by atoms with Gasteiger partial charge in [0.15, 0.2) is 0 Å². The lowest BCUT2D eigenvalue weighted by Gasteiger charge is -2.28. The fraction of sp³-hybridized carbons (Fsp3) is 0.316. The number of para-hydroxylation sites is 1. The molecule has 1 atom stereocenters. The normalized spacial score (nSPS) is 18.6. The van der Waals surface area contributed by atoms with Gasteiger partial charge in [0.1, 0.15) is 0 Å². The van der Waals surface area contributed by atoms with Gasteiger partial charge in [-0.05, 0) is 50.7 Å². The average molecular weight is 326 g/mol. The molecule has 4 heteroatoms. The molecule has 1 fully saturated rings. The molecular weight excluding hydrogens is 304 g/mol. The van der Waals surface area contributed by atoms with Gasteiger partial charge in [0, 0.05) is 16.3 Å². The Hall–Kier alpha value is -1.78. The van der Waals surface area contributed by atoms with Crippen LogP contribution in [0.3, 0.4) is 0 Å². The SMILES string of the molecule is CN1CCCC(C(=O)Nc2ccccc2Sc2ccccc2)C1. The summed E-state index contributed by atoms with van der Waals surface area (Å²) in [7, 11) is 2.08. The topological polar surface area (TPSA) is 32.3 Å². The van der Waals surface area contributed by atoms with Crippen molar-refractivity contribution in [2.75, 3.05) is 25.5 Å². The zero-order valence-electron chi connectivity index (χ0n) is 13.4. The zero-order valence-corrected chi connectivity index (χ0v) is 14.2. The van der Waals surface area contributed by atoms with E-state index < -0.39 is 0 Å². The van der Waals surface area contributed by atoms with Gasteiger partial charge < -0.3 is 10.2 Å². The lowest BCUT2D eigenvalue weighted by Crippen LogP contribution is -2.38. The number of hydrogen-bond acceptors (Lipinski definition) is 3. The van der Waals surface area contributed by atoms with E-state index >= 15 is 0 Å². The third kappa shape index (κ3) is 4.36. The van der Waals surface area contributed by atoms with E-state index in [1.807, 2.05) is 36.4 Å². The number of carbonyl (C=O) groups is 1. The van der Waals surface area contributed by atoms with Gasteiger partial charge in [-0.1, -0.05) is 42.1 Å². The first-order chi connectivity index (χ1) is 11.2. The summed E-state index contributed by atoms with van der Waals surface area (Å²) in [5.41, 5.74) is 0.902. The second-order valence-electron chi connectivity index (χ2n) is 6.00. The van der Waals surface area contributed by atoms with Crippen molar-refractivity contribution in [1.29, 1.82) is 0 Å². The van der Waals surface area contributed by atoms with E-state index in [4.69, 9.17) is 0 Å². The average Bonchev–Trinajstić information content (AvgIpc) is 2.57. The van der Waals surface area contributed by atoms with Gasteiger partial charge in [0.05, 0.1) is 11.6 Å². The third-order valence-corrected chi connectivity index (χ3v) is 5.19. The summed E-state index contributed by atoms with van der Waals surface area (Å²) >= 11 is 1.68. The highest BCUT2D eigenvalue weighted by Crippen LogP contribution is 2.33. The first-order valence-corrected chi connectivity index (χ1v) is 8.85. The Morgan fingerprint density at radius 2 is 1.87 bits per heavy atom. The molecule has 3 rings (SSSR count). The predicted octanol–water partition coefficient (Wildman–Crippen LogP) is 4.12. The van der Waals surface area contributed by atoms with Gasteiger partial charge in [-0.3, -0.25) is 4.79 Å². The van der Waals surface area contributed by atoms with Crippen molar-refractivity contribution < 1.29 is 4.79 Å². The van der Waals surface area contributed by atoms with Crippen molar-refractivity contribution in [1.82, 2.24) is 4.90 Å². The Morgan fingerprint density at radius 3 is 2.65 bits per heavy atom. The van der Waals surface area contributed by atoms with E-state index in [0.29, 0.717) is 0 Å². The Morgan fingerprint density at radius 1 is 1.13 bits per heavy atom. The molecule has 0 aromatic heterocycles. The van der Waals surface area contributed by atoms with Crippen molar-refractivity contribution in [2.45, 2.75) is 22.6 Å². The summed E-state index contributed by atoms with van der Waals surface area (Å²) in [4.78, 5) is 17.1. The number of anilines is 1. The van der Waals surface area contributed by atoms with Gasteiger partial charge in [-0.2, -0.15) is 0 Å². The van der Waals surface area contributed by atoms with Crippen LogP contribution in [0.4, 0.5) is 5.69 Å². The van der Waals surface area contributed by atoms with Crippen LogP contribution < -0.4 is 5.32 Å². The van der Waals surface area contributed by atoms with Crippen molar-refractivity contribution in [3.05, 3.63) is 54.6 Å². The first kappa shape index (κ1) is 16.1. The minimum absolute atomic E-state index is 0.0866. The van der Waals surface area contributed by atoms with E-state index in [9.17, 15) is 4.79 Å². The van der Waals surface area contributed by atoms with Gasteiger partial charge in [0.25, 0.3) is 0 Å². The second-order valence-corrected chi connectivity index (χ2v) is 7.12. The van der Waals surface area contributed by atoms with Crippen molar-refractivity contribution in [2.24, 2.45) is 5.92 Å². The standard InChI is InChI=1S/C19H22N2OS/c1-21-13-7-8-15(14-21)19(22)20-17-11-5-6-12-18(17)23-16-9-3-2-4-10-16/h2-6,9-12,15H,7-8,13-14H2,1H3,(H,20,22). The van der Waals surface area contributed by atoms with Gasteiger partial charge in [-0.15, -0.1) is 0 Å². The minimum Gasteiger partial charge on any atom is -0.325 e. The molecule has 0 aliphatic carbocycles. The Labute approximate surface area is 142 Å². The molecule has 2 aromatic rings. The molecule has 1 amide bonds. The van der Waals surface area contributed by atoms with Gasteiger partial charge in [-0.25, -0.2) is 0 Å². The monoisotopic (exact) mass is 326 g/mol. The molecule has 120 valence electrons. The van der Waals surface area contributed by atoms with Gasteiger partial charge >= 0.3 is 0 Å². The molecule has 1 heterocycles. The van der Waals surface area contributed by atoms with Gasteiger partial charge in [0.2, 0.25) is 5.91 Å². The summed E-state index contributed by atoms with van der Waals surface area (Å²) < 4.78 is 0. The molecule has 1 unspecified atom stereocenters. The van der Waals surface area contributed by atoms with Crippen LogP contribution in [0.5, 0.6) is 0 Å². The summed E-state index contributed by atoms with van der Waals surface area (Å²) in [5, 5.41) is 3.13. The van der Waals surface area contributed by atoms with E-state index in [-0.39, 0.29) is 11.8 Å². The lowest BCUT2D eigenvalue weighted by atomic mass is 9.97. The molecule has 1 N–H and O–H groups in total. The number of nitrogens with zero attached hydrogens (tertiary/aromatic N) is 1. The maximum absolute atomic E-state index is 12.6. The van der Waals surface area contributed by atoms with Crippen LogP contribution in [0.15, 0.2) is 64.4 Å². The number of benzene rings is 2. The summed E-state index contributed by atoms with van der Waals surface area (Å²) in [6, 6.07) is 18.3. The summed E-state index contributed by atoms with van der Waals surface area (Å²) in [6.45, 7) is 1.93. The lowest BCUT2D eigenvalue weighted by molar-refractivity contribution is -0.121. The van der Waals surface area contributed by atoms with Crippen LogP contribution in [-0.2, 0) is 4.79 Å². The Balaban J connectivity index is 1.71. The van der Waals surface area contributed by atoms with Crippen LogP contribution in [0, 0.1) is 5.92 Å². The van der Waals surface area contributed by atoms with Crippen molar-refractivity contribution in [3.8, 4) is 0 Å². The fourth-order valence-corrected chi connectivity index (χ4v) is 3.81. The summed E-state index contributed by atoms with van der Waals surface area (Å²) in [6.07, 6.45) is 2.07. The first-order valence-electron chi connectivity index (χ1n) is 8.04. The molecule has 3 nitrogen and oxygen atoms in total. The van der Waals surface area contributed by atoms with E-state index in [2.05, 4.69) is 35.5 Å². The molecule has 1 saturated heterocycles. The smallest absolute Gasteiger partial charge is 0.228 e. The third-order valence-electron chi connectivity index (χ3n) is 4.11. The van der Waals surface area contributed by atoms with E-state index in [0.717, 1.165) is 36.5 Å². The molecule has 2 aromatic carbocycles. The molecule has 1 aliphatic heterocycles. The summed E-state index contributed by atoms with van der Waals surface area (Å²) in [5.74, 6) is 0.223. The van der Waals surface area contributed by atoms with Crippen LogP contribution in [0.1, 0.15) is 12.8 Å². The number of rotatable bonds is 4.